The molecular formula is C16H17NO2S2. The Morgan fingerprint density at radius 2 is 1.86 bits per heavy atom. The molecule has 0 atom stereocenters. The number of nitrogen functional groups attached to an aromatic ring is 1. The lowest BCUT2D eigenvalue weighted by Gasteiger charge is -2.23. The summed E-state index contributed by atoms with van der Waals surface area (Å²) < 4.78 is 5.77. The van der Waals surface area contributed by atoms with Crippen molar-refractivity contribution < 1.29 is 9.53 Å². The lowest BCUT2D eigenvalue weighted by Crippen LogP contribution is -2.22. The van der Waals surface area contributed by atoms with Crippen molar-refractivity contribution in [3.63, 3.8) is 0 Å². The molecule has 0 saturated heterocycles. The molecule has 0 aromatic heterocycles. The maximum atomic E-state index is 12.4. The van der Waals surface area contributed by atoms with Crippen LogP contribution in [0.25, 0.3) is 0 Å². The highest BCUT2D eigenvalue weighted by atomic mass is 33.1. The van der Waals surface area contributed by atoms with Crippen molar-refractivity contribution in [2.45, 2.75) is 18.8 Å². The Labute approximate surface area is 133 Å². The molecule has 2 aromatic carbocycles. The van der Waals surface area contributed by atoms with Crippen LogP contribution in [0, 0.1) is 0 Å². The molecule has 0 unspecified atom stereocenters. The summed E-state index contributed by atoms with van der Waals surface area (Å²) in [4.78, 5) is 11.9. The van der Waals surface area contributed by atoms with Crippen LogP contribution in [0.3, 0.4) is 0 Å². The second kappa shape index (κ2) is 6.45. The molecule has 0 heterocycles. The number of ether oxygens (including phenoxy) is 1. The number of benzene rings is 2. The topological polar surface area (TPSA) is 52.3 Å². The van der Waals surface area contributed by atoms with Gasteiger partial charge >= 0.3 is 0 Å². The van der Waals surface area contributed by atoms with E-state index in [1.165, 1.54) is 10.8 Å². The highest BCUT2D eigenvalue weighted by Crippen LogP contribution is 2.32. The molecule has 5 heteroatoms. The average Bonchev–Trinajstić information content (AvgIpc) is 2.47. The molecule has 21 heavy (non-hydrogen) atoms. The molecule has 0 fully saturated rings. The predicted octanol–water partition coefficient (Wildman–Crippen LogP) is 4.19. The van der Waals surface area contributed by atoms with Crippen LogP contribution in [-0.4, -0.2) is 10.7 Å². The number of nitrogens with two attached hydrogens (primary N) is 1. The third-order valence-corrected chi connectivity index (χ3v) is 4.73. The molecule has 0 spiro atoms. The van der Waals surface area contributed by atoms with Crippen LogP contribution in [0.15, 0.2) is 48.5 Å². The summed E-state index contributed by atoms with van der Waals surface area (Å²) in [6.07, 6.45) is 0. The normalized spacial score (nSPS) is 11.2. The molecule has 0 aliphatic carbocycles. The van der Waals surface area contributed by atoms with Gasteiger partial charge in [-0.2, -0.15) is 0 Å². The minimum Gasteiger partial charge on any atom is -0.476 e. The van der Waals surface area contributed by atoms with Crippen molar-refractivity contribution in [2.75, 3.05) is 5.73 Å². The molecule has 110 valence electrons. The van der Waals surface area contributed by atoms with Crippen molar-refractivity contribution in [2.24, 2.45) is 0 Å². The fourth-order valence-electron chi connectivity index (χ4n) is 1.86. The van der Waals surface area contributed by atoms with Crippen molar-refractivity contribution in [1.29, 1.82) is 0 Å². The monoisotopic (exact) mass is 319 g/mol. The Kier molecular flexibility index (Phi) is 4.85. The molecule has 0 saturated carbocycles. The zero-order chi connectivity index (χ0) is 15.5. The number of ketones is 1. The summed E-state index contributed by atoms with van der Waals surface area (Å²) >= 11 is 4.16. The van der Waals surface area contributed by atoms with Crippen LogP contribution < -0.4 is 10.5 Å². The first-order valence-corrected chi connectivity index (χ1v) is 8.31. The third-order valence-electron chi connectivity index (χ3n) is 2.89. The van der Waals surface area contributed by atoms with E-state index >= 15 is 0 Å². The molecule has 0 radical (unpaired) electrons. The minimum absolute atomic E-state index is 0.0949. The molecule has 2 aromatic rings. The minimum atomic E-state index is -0.472. The highest BCUT2D eigenvalue weighted by molar-refractivity contribution is 8.69. The van der Waals surface area contributed by atoms with Crippen LogP contribution in [0.4, 0.5) is 5.69 Å². The van der Waals surface area contributed by atoms with E-state index < -0.39 is 4.93 Å². The first-order valence-electron chi connectivity index (χ1n) is 6.44. The summed E-state index contributed by atoms with van der Waals surface area (Å²) in [6, 6.07) is 14.2. The van der Waals surface area contributed by atoms with Gasteiger partial charge in [-0.3, -0.25) is 4.79 Å². The Hall–Kier alpha value is -1.59. The van der Waals surface area contributed by atoms with Crippen molar-refractivity contribution in [3.8, 4) is 5.75 Å². The van der Waals surface area contributed by atoms with Crippen LogP contribution in [-0.2, 0) is 0 Å². The van der Waals surface area contributed by atoms with Crippen LogP contribution in [0.5, 0.6) is 5.75 Å². The quantitative estimate of drug-likeness (QED) is 0.285. The number of thiol groups is 1. The summed E-state index contributed by atoms with van der Waals surface area (Å²) in [5.74, 6) is 0.520. The van der Waals surface area contributed by atoms with E-state index in [0.717, 1.165) is 0 Å². The van der Waals surface area contributed by atoms with E-state index in [-0.39, 0.29) is 5.78 Å². The van der Waals surface area contributed by atoms with Gasteiger partial charge in [0.05, 0.1) is 0 Å². The highest BCUT2D eigenvalue weighted by Gasteiger charge is 2.20. The molecule has 0 amide bonds. The second-order valence-electron chi connectivity index (χ2n) is 5.04. The number of hydrogen-bond donors (Lipinski definition) is 2. The average molecular weight is 319 g/mol. The Bertz CT molecular complexity index is 642. The number of hydrogen-bond acceptors (Lipinski definition) is 5. The van der Waals surface area contributed by atoms with Crippen molar-refractivity contribution in [3.05, 3.63) is 59.7 Å². The zero-order valence-electron chi connectivity index (χ0n) is 11.9. The van der Waals surface area contributed by atoms with Gasteiger partial charge in [-0.1, -0.05) is 41.1 Å². The molecule has 0 bridgehead atoms. The number of carbonyl (C=O) groups excluding carboxylic acids is 1. The van der Waals surface area contributed by atoms with Gasteiger partial charge in [0, 0.05) is 22.9 Å². The number of anilines is 1. The van der Waals surface area contributed by atoms with Gasteiger partial charge in [0.1, 0.15) is 5.75 Å². The van der Waals surface area contributed by atoms with Gasteiger partial charge < -0.3 is 10.5 Å². The van der Waals surface area contributed by atoms with Crippen LogP contribution in [0.2, 0.25) is 0 Å². The van der Waals surface area contributed by atoms with Gasteiger partial charge in [-0.05, 0) is 26.0 Å². The third kappa shape index (κ3) is 3.95. The molecule has 3 nitrogen and oxygen atoms in total. The van der Waals surface area contributed by atoms with Gasteiger partial charge in [0.2, 0.25) is 0 Å². The SMILES string of the molecule is CC(C)(Oc1ccc(C(=O)c2ccccc2)c(N)c1)SS. The van der Waals surface area contributed by atoms with E-state index in [1.54, 1.807) is 30.3 Å². The van der Waals surface area contributed by atoms with Crippen molar-refractivity contribution in [1.82, 2.24) is 0 Å². The lowest BCUT2D eigenvalue weighted by atomic mass is 10.0. The van der Waals surface area contributed by atoms with E-state index in [9.17, 15) is 4.79 Å². The maximum absolute atomic E-state index is 12.4. The van der Waals surface area contributed by atoms with Gasteiger partial charge in [0.25, 0.3) is 0 Å². The lowest BCUT2D eigenvalue weighted by molar-refractivity contribution is 0.103. The number of rotatable bonds is 5. The van der Waals surface area contributed by atoms with Gasteiger partial charge in [-0.15, -0.1) is 11.7 Å². The molecular weight excluding hydrogens is 302 g/mol. The summed E-state index contributed by atoms with van der Waals surface area (Å²) in [6.45, 7) is 3.81. The van der Waals surface area contributed by atoms with E-state index in [4.69, 9.17) is 10.5 Å². The summed E-state index contributed by atoms with van der Waals surface area (Å²) in [5, 5.41) is 0. The Balaban J connectivity index is 2.26. The van der Waals surface area contributed by atoms with E-state index in [2.05, 4.69) is 11.7 Å². The standard InChI is InChI=1S/C16H17NO2S2/c1-16(2,21-20)19-12-8-9-13(14(17)10-12)15(18)11-6-4-3-5-7-11/h3-10,20H,17H2,1-2H3. The Morgan fingerprint density at radius 3 is 2.43 bits per heavy atom. The molecule has 0 aliphatic rings. The summed E-state index contributed by atoms with van der Waals surface area (Å²) in [7, 11) is 1.30. The van der Waals surface area contributed by atoms with E-state index in [0.29, 0.717) is 22.6 Å². The van der Waals surface area contributed by atoms with Gasteiger partial charge in [0.15, 0.2) is 10.7 Å². The zero-order valence-corrected chi connectivity index (χ0v) is 13.6. The van der Waals surface area contributed by atoms with E-state index in [1.807, 2.05) is 32.0 Å². The smallest absolute Gasteiger partial charge is 0.195 e. The fraction of sp³-hybridized carbons (Fsp3) is 0.188. The van der Waals surface area contributed by atoms with Gasteiger partial charge in [-0.25, -0.2) is 0 Å². The molecule has 2 rings (SSSR count). The molecule has 2 N–H and O–H groups in total. The summed E-state index contributed by atoms with van der Waals surface area (Å²) in [5.41, 5.74) is 7.49. The van der Waals surface area contributed by atoms with Crippen molar-refractivity contribution >= 4 is 33.9 Å². The fourth-order valence-corrected chi connectivity index (χ4v) is 2.10. The maximum Gasteiger partial charge on any atom is 0.195 e. The first-order chi connectivity index (χ1) is 9.93. The second-order valence-corrected chi connectivity index (χ2v) is 6.75. The van der Waals surface area contributed by atoms with Crippen LogP contribution >= 0.6 is 22.5 Å². The van der Waals surface area contributed by atoms with Crippen LogP contribution in [0.1, 0.15) is 29.8 Å². The first kappa shape index (κ1) is 15.8. The Morgan fingerprint density at radius 1 is 1.19 bits per heavy atom. The number of carbonyl (C=O) groups is 1. The predicted molar refractivity (Wildman–Crippen MR) is 92.0 cm³/mol. The molecule has 0 aliphatic heterocycles. The largest absolute Gasteiger partial charge is 0.476 e.